The maximum Gasteiger partial charge on any atom is 0.269 e. The highest BCUT2D eigenvalue weighted by Crippen LogP contribution is 2.25. The van der Waals surface area contributed by atoms with Crippen LogP contribution in [0.25, 0.3) is 6.08 Å². The molecule has 0 aliphatic carbocycles. The molecule has 1 aromatic heterocycles. The van der Waals surface area contributed by atoms with Gasteiger partial charge in [-0.25, -0.2) is 9.97 Å². The molecule has 1 fully saturated rings. The van der Waals surface area contributed by atoms with Crippen LogP contribution >= 0.6 is 0 Å². The number of anilines is 1. The summed E-state index contributed by atoms with van der Waals surface area (Å²) in [7, 11) is 0. The van der Waals surface area contributed by atoms with Gasteiger partial charge in [0, 0.05) is 62.1 Å². The molecule has 2 heterocycles. The minimum Gasteiger partial charge on any atom is -0.354 e. The lowest BCUT2D eigenvalue weighted by Crippen LogP contribution is -2.35. The van der Waals surface area contributed by atoms with Gasteiger partial charge in [0.1, 0.15) is 11.6 Å². The number of nitro groups is 1. The molecule has 0 radical (unpaired) electrons. The highest BCUT2D eigenvalue weighted by Gasteiger charge is 2.22. The van der Waals surface area contributed by atoms with Gasteiger partial charge in [0.15, 0.2) is 0 Å². The van der Waals surface area contributed by atoms with Crippen LogP contribution in [0, 0.1) is 30.9 Å². The van der Waals surface area contributed by atoms with Gasteiger partial charge < -0.3 is 9.80 Å². The van der Waals surface area contributed by atoms with E-state index in [1.165, 1.54) is 23.3 Å². The van der Waals surface area contributed by atoms with Crippen molar-refractivity contribution in [3.63, 3.8) is 0 Å². The fraction of sp³-hybridized carbons (Fsp3) is 0.321. The fourth-order valence-corrected chi connectivity index (χ4v) is 4.43. The van der Waals surface area contributed by atoms with Crippen molar-refractivity contribution in [1.29, 1.82) is 0 Å². The number of non-ortho nitro benzene ring substituents is 1. The zero-order valence-corrected chi connectivity index (χ0v) is 21.0. The van der Waals surface area contributed by atoms with E-state index in [4.69, 9.17) is 4.98 Å². The van der Waals surface area contributed by atoms with Crippen molar-refractivity contribution in [2.45, 2.75) is 33.6 Å². The Morgan fingerprint density at radius 2 is 1.69 bits per heavy atom. The Bertz CT molecular complexity index is 1270. The minimum atomic E-state index is -0.436. The number of nitrogens with zero attached hydrogens (tertiary/aromatic N) is 5. The average Bonchev–Trinajstić information content (AvgIpc) is 3.12. The molecule has 1 amide bonds. The molecule has 1 aliphatic rings. The van der Waals surface area contributed by atoms with E-state index >= 15 is 0 Å². The van der Waals surface area contributed by atoms with Gasteiger partial charge in [0.25, 0.3) is 5.69 Å². The Labute approximate surface area is 211 Å². The highest BCUT2D eigenvalue weighted by atomic mass is 16.6. The van der Waals surface area contributed by atoms with Gasteiger partial charge in [-0.3, -0.25) is 14.9 Å². The van der Waals surface area contributed by atoms with Crippen LogP contribution in [0.4, 0.5) is 11.5 Å². The molecule has 2 aromatic carbocycles. The zero-order valence-electron chi connectivity index (χ0n) is 21.0. The summed E-state index contributed by atoms with van der Waals surface area (Å²) in [5.74, 6) is 1.64. The zero-order chi connectivity index (χ0) is 25.7. The third kappa shape index (κ3) is 6.13. The standard InChI is InChI=1S/C28H31N5O3/c1-20-5-7-24(8-6-20)19-26-21(2)29-22(3)30-28(26)32-16-4-15-31(17-18-32)27(34)14-11-23-9-12-25(13-10-23)33(35)36/h5-14H,4,15-19H2,1-3H3. The summed E-state index contributed by atoms with van der Waals surface area (Å²) in [6.45, 7) is 8.80. The van der Waals surface area contributed by atoms with Crippen molar-refractivity contribution in [1.82, 2.24) is 14.9 Å². The monoisotopic (exact) mass is 485 g/mol. The van der Waals surface area contributed by atoms with Crippen LogP contribution in [0.5, 0.6) is 0 Å². The first-order chi connectivity index (χ1) is 17.3. The largest absolute Gasteiger partial charge is 0.354 e. The maximum absolute atomic E-state index is 12.9. The molecule has 4 rings (SSSR count). The molecule has 0 unspecified atom stereocenters. The van der Waals surface area contributed by atoms with Crippen LogP contribution in [0.2, 0.25) is 0 Å². The summed E-state index contributed by atoms with van der Waals surface area (Å²) >= 11 is 0. The summed E-state index contributed by atoms with van der Waals surface area (Å²) in [6.07, 6.45) is 4.84. The lowest BCUT2D eigenvalue weighted by molar-refractivity contribution is -0.384. The first kappa shape index (κ1) is 25.0. The number of aryl methyl sites for hydroxylation is 3. The number of carbonyl (C=O) groups excluding carboxylic acids is 1. The van der Waals surface area contributed by atoms with Crippen LogP contribution in [0.15, 0.2) is 54.6 Å². The number of hydrogen-bond donors (Lipinski definition) is 0. The van der Waals surface area contributed by atoms with Crippen molar-refractivity contribution in [3.05, 3.63) is 98.5 Å². The SMILES string of the molecule is Cc1ccc(Cc2c(C)nc(C)nc2N2CCCN(C(=O)C=Cc3ccc([N+](=O)[O-])cc3)CC2)cc1. The molecule has 8 heteroatoms. The number of hydrogen-bond acceptors (Lipinski definition) is 6. The number of rotatable bonds is 6. The van der Waals surface area contributed by atoms with Crippen LogP contribution in [0.1, 0.15) is 40.2 Å². The van der Waals surface area contributed by atoms with Gasteiger partial charge in [0.05, 0.1) is 4.92 Å². The van der Waals surface area contributed by atoms with Crippen molar-refractivity contribution in [3.8, 4) is 0 Å². The average molecular weight is 486 g/mol. The summed E-state index contributed by atoms with van der Waals surface area (Å²) in [5.41, 5.74) is 5.35. The van der Waals surface area contributed by atoms with E-state index < -0.39 is 4.92 Å². The molecule has 0 bridgehead atoms. The Morgan fingerprint density at radius 1 is 0.972 bits per heavy atom. The van der Waals surface area contributed by atoms with E-state index in [1.807, 2.05) is 18.7 Å². The van der Waals surface area contributed by atoms with Gasteiger partial charge in [-0.2, -0.15) is 0 Å². The van der Waals surface area contributed by atoms with Crippen LogP contribution in [-0.4, -0.2) is 51.9 Å². The van der Waals surface area contributed by atoms with E-state index in [2.05, 4.69) is 41.1 Å². The lowest BCUT2D eigenvalue weighted by atomic mass is 10.0. The predicted molar refractivity (Wildman–Crippen MR) is 141 cm³/mol. The number of nitro benzene ring substituents is 1. The van der Waals surface area contributed by atoms with Gasteiger partial charge in [-0.15, -0.1) is 0 Å². The van der Waals surface area contributed by atoms with E-state index in [9.17, 15) is 14.9 Å². The first-order valence-electron chi connectivity index (χ1n) is 12.2. The number of benzene rings is 2. The molecule has 0 N–H and O–H groups in total. The van der Waals surface area contributed by atoms with E-state index in [0.717, 1.165) is 47.8 Å². The summed E-state index contributed by atoms with van der Waals surface area (Å²) in [6, 6.07) is 14.7. The molecule has 1 saturated heterocycles. The summed E-state index contributed by atoms with van der Waals surface area (Å²) in [4.78, 5) is 36.8. The summed E-state index contributed by atoms with van der Waals surface area (Å²) in [5, 5.41) is 10.8. The van der Waals surface area contributed by atoms with Gasteiger partial charge in [0.2, 0.25) is 5.91 Å². The smallest absolute Gasteiger partial charge is 0.269 e. The van der Waals surface area contributed by atoms with Crippen molar-refractivity contribution in [2.75, 3.05) is 31.1 Å². The second kappa shape index (κ2) is 11.1. The molecule has 0 atom stereocenters. The van der Waals surface area contributed by atoms with E-state index in [1.54, 1.807) is 24.3 Å². The third-order valence-corrected chi connectivity index (χ3v) is 6.43. The molecular weight excluding hydrogens is 454 g/mol. The highest BCUT2D eigenvalue weighted by molar-refractivity contribution is 5.91. The van der Waals surface area contributed by atoms with Crippen LogP contribution in [0.3, 0.4) is 0 Å². The van der Waals surface area contributed by atoms with Crippen molar-refractivity contribution in [2.24, 2.45) is 0 Å². The van der Waals surface area contributed by atoms with Crippen molar-refractivity contribution >= 4 is 23.5 Å². The Kier molecular flexibility index (Phi) is 7.73. The lowest BCUT2D eigenvalue weighted by Gasteiger charge is -2.26. The molecule has 0 saturated carbocycles. The second-order valence-corrected chi connectivity index (χ2v) is 9.17. The molecular formula is C28H31N5O3. The Balaban J connectivity index is 1.46. The summed E-state index contributed by atoms with van der Waals surface area (Å²) < 4.78 is 0. The van der Waals surface area contributed by atoms with Gasteiger partial charge >= 0.3 is 0 Å². The molecule has 186 valence electrons. The minimum absolute atomic E-state index is 0.0306. The topological polar surface area (TPSA) is 92.5 Å². The molecule has 1 aliphatic heterocycles. The maximum atomic E-state index is 12.9. The quantitative estimate of drug-likeness (QED) is 0.287. The van der Waals surface area contributed by atoms with Gasteiger partial charge in [-0.05, 0) is 56.5 Å². The molecule has 0 spiro atoms. The van der Waals surface area contributed by atoms with Crippen molar-refractivity contribution < 1.29 is 9.72 Å². The number of amides is 1. The van der Waals surface area contributed by atoms with Crippen LogP contribution < -0.4 is 4.90 Å². The number of carbonyl (C=O) groups is 1. The third-order valence-electron chi connectivity index (χ3n) is 6.43. The Morgan fingerprint density at radius 3 is 2.39 bits per heavy atom. The van der Waals surface area contributed by atoms with Crippen LogP contribution in [-0.2, 0) is 11.2 Å². The second-order valence-electron chi connectivity index (χ2n) is 9.17. The van der Waals surface area contributed by atoms with E-state index in [0.29, 0.717) is 19.6 Å². The molecule has 3 aromatic rings. The van der Waals surface area contributed by atoms with Gasteiger partial charge in [-0.1, -0.05) is 29.8 Å². The first-order valence-corrected chi connectivity index (χ1v) is 12.2. The fourth-order valence-electron chi connectivity index (χ4n) is 4.43. The molecule has 8 nitrogen and oxygen atoms in total. The predicted octanol–water partition coefficient (Wildman–Crippen LogP) is 4.65. The normalized spacial score (nSPS) is 14.2. The van der Waals surface area contributed by atoms with E-state index in [-0.39, 0.29) is 11.6 Å². The Hall–Kier alpha value is -4.07. The molecule has 36 heavy (non-hydrogen) atoms. The number of aromatic nitrogens is 2.